The van der Waals surface area contributed by atoms with Gasteiger partial charge >= 0.3 is 0 Å². The number of hydrogen-bond donors (Lipinski definition) is 1. The average molecular weight is 1630 g/mol. The van der Waals surface area contributed by atoms with Crippen LogP contribution < -0.4 is 5.73 Å². The molecule has 692 valence electrons. The summed E-state index contributed by atoms with van der Waals surface area (Å²) in [5.74, 6) is 22.3. The zero-order chi connectivity index (χ0) is 94.1. The van der Waals surface area contributed by atoms with Gasteiger partial charge in [-0.15, -0.1) is 50.2 Å². The quantitative estimate of drug-likeness (QED) is 0.0591. The third-order valence-electron chi connectivity index (χ3n) is 16.9. The fourth-order valence-corrected chi connectivity index (χ4v) is 8.82. The maximum absolute atomic E-state index is 5.23. The zero-order valence-corrected chi connectivity index (χ0v) is 88.6. The molecule has 0 aliphatic heterocycles. The van der Waals surface area contributed by atoms with Crippen LogP contribution in [0.2, 0.25) is 0 Å². The summed E-state index contributed by atoms with van der Waals surface area (Å²) in [6.45, 7) is 103. The fourth-order valence-electron chi connectivity index (χ4n) is 8.82. The van der Waals surface area contributed by atoms with Crippen LogP contribution in [-0.2, 0) is 12.8 Å². The van der Waals surface area contributed by atoms with Gasteiger partial charge in [0.05, 0.1) is 0 Å². The second-order valence-electron chi connectivity index (χ2n) is 39.4. The molecule has 1 nitrogen and oxygen atoms in total. The van der Waals surface area contributed by atoms with Crippen molar-refractivity contribution in [1.29, 1.82) is 0 Å². The summed E-state index contributed by atoms with van der Waals surface area (Å²) >= 11 is 0. The van der Waals surface area contributed by atoms with Gasteiger partial charge in [0.25, 0.3) is 0 Å². The van der Waals surface area contributed by atoms with Gasteiger partial charge in [-0.3, -0.25) is 0 Å². The van der Waals surface area contributed by atoms with Gasteiger partial charge in [-0.25, -0.2) is 0 Å². The van der Waals surface area contributed by atoms with Crippen molar-refractivity contribution >= 4 is 0 Å². The van der Waals surface area contributed by atoms with E-state index >= 15 is 0 Å². The lowest BCUT2D eigenvalue weighted by molar-refractivity contribution is 0.412. The molecular weight excluding hydrogens is 1410 g/mol. The minimum atomic E-state index is 0.662. The molecule has 0 saturated heterocycles. The van der Waals surface area contributed by atoms with Gasteiger partial charge in [0.15, 0.2) is 0 Å². The van der Waals surface area contributed by atoms with E-state index in [-0.39, 0.29) is 0 Å². The van der Waals surface area contributed by atoms with Crippen LogP contribution >= 0.6 is 0 Å². The van der Waals surface area contributed by atoms with Gasteiger partial charge < -0.3 is 5.73 Å². The van der Waals surface area contributed by atoms with Crippen molar-refractivity contribution in [3.8, 4) is 37.0 Å². The molecule has 117 heavy (non-hydrogen) atoms. The Kier molecular flexibility index (Phi) is 137. The summed E-state index contributed by atoms with van der Waals surface area (Å²) in [5, 5.41) is 0. The van der Waals surface area contributed by atoms with E-state index in [1.165, 1.54) is 143 Å². The lowest BCUT2D eigenvalue weighted by Crippen LogP contribution is -2.07. The maximum Gasteiger partial charge on any atom is 0.0109 e. The van der Waals surface area contributed by atoms with E-state index in [0.717, 1.165) is 133 Å². The first kappa shape index (κ1) is 141. The molecule has 1 unspecified atom stereocenters. The third-order valence-corrected chi connectivity index (χ3v) is 16.9. The summed E-state index contributed by atoms with van der Waals surface area (Å²) in [5.41, 5.74) is 12.2. The summed E-state index contributed by atoms with van der Waals surface area (Å²) in [6.07, 6.45) is 62.3. The first-order chi connectivity index (χ1) is 54.4. The van der Waals surface area contributed by atoms with Gasteiger partial charge in [0.2, 0.25) is 0 Å². The lowest BCUT2D eigenvalue weighted by Gasteiger charge is -2.19. The lowest BCUT2D eigenvalue weighted by atomic mass is 9.87. The molecule has 0 saturated carbocycles. The standard InChI is InChI=1S/C11H16.C10H14.C9H16.2C8H16.C7H15N.C7H14.2C7H16.C7H12.2C6H14.C6H12.2C6H10.C5H12/c1-9(2)8-11-6-4-10(3)5-7-11;1-9(2)8-10-6-4-3-5-7-10;1-8(2)9-6-4-3-5-7-9;1-7(2)5-6-8(3)4;1-4-5-6-7-8(2)3;1-7(2)5-3-4-6-8;1-6(2)5-7(3)4;3*1-4-5-6-7(2)3;1-5(2)6(3)4;4*1-4-5-6(2)3;1-4-5(2)3/h4-7,9H,8H2,1-3H3;3-7,9H,8H2,1-2H3;4,6,8-9H,3,5,7H2,1-2H3;5,8H,6H2,1-4H3;5-6,8H,4,7H2,1-3H3;3-4,7H,5-6,8H2,1-2H3;7H,1,5H2,2-4H3;2*7H,4-6H2,1-3H3;1,7H,5-6H2,2-3H3;5-6H,1-4H3;6H,4-5H2,1-3H3;4,6H,1,5H2,2-3H3;2*1,6H,5H2,2-3H3;5H,4H2,1-3H3/b;;;;6-5+;4-3+;;;;;;;;;;. The summed E-state index contributed by atoms with van der Waals surface area (Å²) < 4.78 is 0. The Labute approximate surface area is 747 Å². The van der Waals surface area contributed by atoms with Gasteiger partial charge in [-0.2, -0.15) is 0 Å². The Hall–Kier alpha value is -4.48. The molecule has 2 aromatic carbocycles. The Morgan fingerprint density at radius 2 is 0.821 bits per heavy atom. The molecule has 0 heterocycles. The van der Waals surface area contributed by atoms with Crippen LogP contribution in [0.3, 0.4) is 0 Å². The zero-order valence-electron chi connectivity index (χ0n) is 88.6. The van der Waals surface area contributed by atoms with Gasteiger partial charge in [0.1, 0.15) is 0 Å². The van der Waals surface area contributed by atoms with Crippen LogP contribution in [-0.4, -0.2) is 6.54 Å². The van der Waals surface area contributed by atoms with Crippen LogP contribution in [0.5, 0.6) is 0 Å². The number of allylic oxidation sites excluding steroid dienone is 9. The normalized spacial score (nSPS) is 11.4. The topological polar surface area (TPSA) is 26.0 Å². The van der Waals surface area contributed by atoms with Crippen LogP contribution in [0, 0.1) is 150 Å². The van der Waals surface area contributed by atoms with Crippen molar-refractivity contribution in [2.24, 2.45) is 112 Å². The highest BCUT2D eigenvalue weighted by molar-refractivity contribution is 5.21. The third kappa shape index (κ3) is 196. The molecule has 1 atom stereocenters. The predicted octanol–water partition coefficient (Wildman–Crippen LogP) is 39.3. The number of rotatable bonds is 31. The Morgan fingerprint density at radius 3 is 0.991 bits per heavy atom. The SMILES string of the molecule is C#CCC(C)C.C#CCC(C)C.C#CCCC(C)C.C=C(C)CC(C)C.C=CCC(C)C.CC(C)=CCC(C)C.CC(C)C(C)C.CC(C)C/C=C/CN.CC(C)C1C=CCCC1.CC(C)Cc1ccccc1.CC/C=C/CC(C)C.CCC(C)C.CCCC(C)C.CCCCC(C)C.CCCCC(C)C.Cc1ccc(CC(C)C)cc1. The van der Waals surface area contributed by atoms with Crippen molar-refractivity contribution in [3.63, 3.8) is 0 Å². The molecule has 1 aliphatic carbocycles. The smallest absolute Gasteiger partial charge is 0.0109 e. The largest absolute Gasteiger partial charge is 0.327 e. The maximum atomic E-state index is 5.23. The molecule has 0 spiro atoms. The first-order valence-electron chi connectivity index (χ1n) is 48.3. The van der Waals surface area contributed by atoms with Crippen molar-refractivity contribution in [1.82, 2.24) is 0 Å². The molecule has 0 amide bonds. The molecule has 0 fully saturated rings. The number of terminal acetylenes is 3. The van der Waals surface area contributed by atoms with E-state index < -0.39 is 0 Å². The Morgan fingerprint density at radius 1 is 0.436 bits per heavy atom. The number of benzene rings is 2. The molecule has 1 aliphatic rings. The second-order valence-corrected chi connectivity index (χ2v) is 39.4. The van der Waals surface area contributed by atoms with Crippen molar-refractivity contribution < 1.29 is 0 Å². The predicted molar refractivity (Wildman–Crippen MR) is 558 cm³/mol. The molecule has 2 N–H and O–H groups in total. The van der Waals surface area contributed by atoms with Crippen molar-refractivity contribution in [2.45, 2.75) is 452 Å². The van der Waals surface area contributed by atoms with E-state index in [9.17, 15) is 0 Å². The second kappa shape index (κ2) is 114. The van der Waals surface area contributed by atoms with Crippen molar-refractivity contribution in [2.75, 3.05) is 6.54 Å². The molecule has 3 rings (SSSR count). The summed E-state index contributed by atoms with van der Waals surface area (Å²) in [4.78, 5) is 0. The number of hydrogen-bond acceptors (Lipinski definition) is 1. The minimum Gasteiger partial charge on any atom is -0.327 e. The molecule has 0 bridgehead atoms. The number of nitrogens with two attached hydrogens (primary N) is 1. The van der Waals surface area contributed by atoms with Crippen LogP contribution in [0.15, 0.2) is 128 Å². The molecular formula is C116H223N. The summed E-state index contributed by atoms with van der Waals surface area (Å²) in [7, 11) is 0. The number of unbranched alkanes of at least 4 members (excludes halogenated alkanes) is 2. The van der Waals surface area contributed by atoms with Gasteiger partial charge in [-0.05, 0) is 222 Å². The first-order valence-corrected chi connectivity index (χ1v) is 48.3. The molecule has 1 heteroatoms. The molecule has 2 aromatic rings. The van der Waals surface area contributed by atoms with Crippen LogP contribution in [0.1, 0.15) is 449 Å². The summed E-state index contributed by atoms with van der Waals surface area (Å²) in [6, 6.07) is 19.4. The Bertz CT molecular complexity index is 2310. The number of aryl methyl sites for hydroxylation is 1. The van der Waals surface area contributed by atoms with E-state index in [1.54, 1.807) is 0 Å². The van der Waals surface area contributed by atoms with Crippen LogP contribution in [0.4, 0.5) is 0 Å². The molecule has 0 aromatic heterocycles. The van der Waals surface area contributed by atoms with Crippen molar-refractivity contribution in [3.05, 3.63) is 144 Å². The van der Waals surface area contributed by atoms with E-state index in [1.807, 2.05) is 12.2 Å². The van der Waals surface area contributed by atoms with Gasteiger partial charge in [0, 0.05) is 25.8 Å². The Balaban J connectivity index is -0.0000000900. The highest BCUT2D eigenvalue weighted by atomic mass is 14.5. The van der Waals surface area contributed by atoms with E-state index in [0.29, 0.717) is 18.4 Å². The fraction of sp³-hybridized carbons (Fsp3) is 0.741. The van der Waals surface area contributed by atoms with Crippen LogP contribution in [0.25, 0.3) is 0 Å². The van der Waals surface area contributed by atoms with E-state index in [2.05, 4.69) is 420 Å². The monoisotopic (exact) mass is 1630 g/mol. The minimum absolute atomic E-state index is 0.662. The highest BCUT2D eigenvalue weighted by Crippen LogP contribution is 2.24. The average Bonchev–Trinajstić information content (AvgIpc) is 0.903. The highest BCUT2D eigenvalue weighted by Gasteiger charge is 2.11. The van der Waals surface area contributed by atoms with E-state index in [4.69, 9.17) is 25.0 Å². The molecule has 0 radical (unpaired) electrons. The van der Waals surface area contributed by atoms with Gasteiger partial charge in [-0.1, -0.05) is 448 Å².